The highest BCUT2D eigenvalue weighted by Gasteiger charge is 2.17. The fourth-order valence-corrected chi connectivity index (χ4v) is 2.87. The molecule has 0 saturated heterocycles. The van der Waals surface area contributed by atoms with Crippen LogP contribution >= 0.6 is 11.6 Å². The number of nitrogens with one attached hydrogen (secondary N) is 1. The minimum absolute atomic E-state index is 0.546. The molecule has 2 aromatic rings. The van der Waals surface area contributed by atoms with Gasteiger partial charge in [-0.2, -0.15) is 0 Å². The molecule has 0 atom stereocenters. The second-order valence-electron chi connectivity index (χ2n) is 5.20. The number of nitrogens with zero attached hydrogens (tertiary/aromatic N) is 2. The molecule has 4 heteroatoms. The third-order valence-corrected chi connectivity index (χ3v) is 4.01. The summed E-state index contributed by atoms with van der Waals surface area (Å²) in [4.78, 5) is 4.42. The van der Waals surface area contributed by atoms with Crippen molar-refractivity contribution in [1.29, 1.82) is 0 Å². The summed E-state index contributed by atoms with van der Waals surface area (Å²) in [6.45, 7) is 2.07. The van der Waals surface area contributed by atoms with Gasteiger partial charge in [-0.3, -0.25) is 4.57 Å². The SMILES string of the molecule is Cc1ccc(Cl)c(-n2ccnc2NC2CCCC2)c1. The lowest BCUT2D eigenvalue weighted by Gasteiger charge is -2.15. The van der Waals surface area contributed by atoms with E-state index in [4.69, 9.17) is 11.6 Å². The lowest BCUT2D eigenvalue weighted by molar-refractivity contribution is 0.740. The molecule has 0 aliphatic heterocycles. The van der Waals surface area contributed by atoms with Crippen LogP contribution < -0.4 is 5.32 Å². The molecule has 1 heterocycles. The molecule has 0 unspecified atom stereocenters. The predicted octanol–water partition coefficient (Wildman–Crippen LogP) is 4.19. The number of aromatic nitrogens is 2. The smallest absolute Gasteiger partial charge is 0.207 e. The molecule has 1 aliphatic rings. The molecule has 0 spiro atoms. The molecule has 100 valence electrons. The van der Waals surface area contributed by atoms with Crippen LogP contribution in [0.25, 0.3) is 5.69 Å². The second kappa shape index (κ2) is 5.25. The molecular weight excluding hydrogens is 258 g/mol. The summed E-state index contributed by atoms with van der Waals surface area (Å²) in [5.41, 5.74) is 2.18. The molecule has 3 rings (SSSR count). The van der Waals surface area contributed by atoms with E-state index in [1.54, 1.807) is 0 Å². The van der Waals surface area contributed by atoms with E-state index in [-0.39, 0.29) is 0 Å². The maximum Gasteiger partial charge on any atom is 0.207 e. The van der Waals surface area contributed by atoms with Gasteiger partial charge in [-0.1, -0.05) is 30.5 Å². The number of hydrogen-bond donors (Lipinski definition) is 1. The molecule has 19 heavy (non-hydrogen) atoms. The standard InChI is InChI=1S/C15H18ClN3/c1-11-6-7-13(16)14(10-11)19-9-8-17-15(19)18-12-4-2-3-5-12/h6-10,12H,2-5H2,1H3,(H,17,18). The van der Waals surface area contributed by atoms with E-state index in [2.05, 4.69) is 23.3 Å². The first kappa shape index (κ1) is 12.5. The van der Waals surface area contributed by atoms with Crippen molar-refractivity contribution < 1.29 is 0 Å². The molecule has 0 amide bonds. The zero-order valence-corrected chi connectivity index (χ0v) is 11.8. The molecule has 0 bridgehead atoms. The number of imidazole rings is 1. The summed E-state index contributed by atoms with van der Waals surface area (Å²) in [6.07, 6.45) is 8.85. The van der Waals surface area contributed by atoms with Crippen LogP contribution in [-0.2, 0) is 0 Å². The van der Waals surface area contributed by atoms with Gasteiger partial charge in [-0.25, -0.2) is 4.98 Å². The molecule has 1 fully saturated rings. The number of anilines is 1. The van der Waals surface area contributed by atoms with Crippen molar-refractivity contribution in [2.24, 2.45) is 0 Å². The van der Waals surface area contributed by atoms with E-state index in [9.17, 15) is 0 Å². The summed E-state index contributed by atoms with van der Waals surface area (Å²) in [5, 5.41) is 4.28. The number of halogens is 1. The van der Waals surface area contributed by atoms with E-state index >= 15 is 0 Å². The van der Waals surface area contributed by atoms with Crippen molar-refractivity contribution in [3.05, 3.63) is 41.2 Å². The Bertz CT molecular complexity index is 571. The van der Waals surface area contributed by atoms with Crippen molar-refractivity contribution in [3.8, 4) is 5.69 Å². The monoisotopic (exact) mass is 275 g/mol. The van der Waals surface area contributed by atoms with Crippen LogP contribution in [0, 0.1) is 6.92 Å². The molecule has 1 aromatic heterocycles. The van der Waals surface area contributed by atoms with Crippen molar-refractivity contribution in [1.82, 2.24) is 9.55 Å². The highest BCUT2D eigenvalue weighted by Crippen LogP contribution is 2.27. The van der Waals surface area contributed by atoms with Gasteiger partial charge in [0.25, 0.3) is 0 Å². The highest BCUT2D eigenvalue weighted by atomic mass is 35.5. The quantitative estimate of drug-likeness (QED) is 0.910. The van der Waals surface area contributed by atoms with Crippen LogP contribution in [0.2, 0.25) is 5.02 Å². The second-order valence-corrected chi connectivity index (χ2v) is 5.61. The van der Waals surface area contributed by atoms with Gasteiger partial charge < -0.3 is 5.32 Å². The Balaban J connectivity index is 1.92. The third-order valence-electron chi connectivity index (χ3n) is 3.69. The fourth-order valence-electron chi connectivity index (χ4n) is 2.66. The average Bonchev–Trinajstić information content (AvgIpc) is 3.04. The molecule has 1 aromatic carbocycles. The van der Waals surface area contributed by atoms with Crippen LogP contribution in [0.15, 0.2) is 30.6 Å². The molecule has 0 radical (unpaired) electrons. The molecule has 1 aliphatic carbocycles. The first-order valence-electron chi connectivity index (χ1n) is 6.80. The fraction of sp³-hybridized carbons (Fsp3) is 0.400. The van der Waals surface area contributed by atoms with Gasteiger partial charge in [0.05, 0.1) is 10.7 Å². The van der Waals surface area contributed by atoms with E-state index in [0.29, 0.717) is 6.04 Å². The van der Waals surface area contributed by atoms with Gasteiger partial charge in [0.15, 0.2) is 0 Å². The number of benzene rings is 1. The van der Waals surface area contributed by atoms with Crippen molar-refractivity contribution in [2.45, 2.75) is 38.6 Å². The first-order valence-corrected chi connectivity index (χ1v) is 7.18. The number of hydrogen-bond acceptors (Lipinski definition) is 2. The van der Waals surface area contributed by atoms with Gasteiger partial charge in [0, 0.05) is 18.4 Å². The minimum Gasteiger partial charge on any atom is -0.353 e. The lowest BCUT2D eigenvalue weighted by atomic mass is 10.2. The Kier molecular flexibility index (Phi) is 3.47. The van der Waals surface area contributed by atoms with E-state index in [0.717, 1.165) is 16.7 Å². The Hall–Kier alpha value is -1.48. The van der Waals surface area contributed by atoms with Gasteiger partial charge in [0.2, 0.25) is 5.95 Å². The zero-order valence-electron chi connectivity index (χ0n) is 11.1. The van der Waals surface area contributed by atoms with Crippen molar-refractivity contribution in [3.63, 3.8) is 0 Å². The molecule has 1 saturated carbocycles. The predicted molar refractivity (Wildman–Crippen MR) is 79.2 cm³/mol. The zero-order chi connectivity index (χ0) is 13.2. The van der Waals surface area contributed by atoms with Crippen LogP contribution in [0.1, 0.15) is 31.2 Å². The van der Waals surface area contributed by atoms with Crippen LogP contribution in [-0.4, -0.2) is 15.6 Å². The largest absolute Gasteiger partial charge is 0.353 e. The molecule has 1 N–H and O–H groups in total. The summed E-state index contributed by atoms with van der Waals surface area (Å²) < 4.78 is 2.04. The molecular formula is C15H18ClN3. The highest BCUT2D eigenvalue weighted by molar-refractivity contribution is 6.32. The van der Waals surface area contributed by atoms with Crippen LogP contribution in [0.4, 0.5) is 5.95 Å². The van der Waals surface area contributed by atoms with E-state index < -0.39 is 0 Å². The normalized spacial score (nSPS) is 15.9. The van der Waals surface area contributed by atoms with Crippen molar-refractivity contribution >= 4 is 17.5 Å². The van der Waals surface area contributed by atoms with Gasteiger partial charge in [0.1, 0.15) is 0 Å². The topological polar surface area (TPSA) is 29.9 Å². The minimum atomic E-state index is 0.546. The maximum atomic E-state index is 6.30. The Morgan fingerprint density at radius 1 is 1.32 bits per heavy atom. The Morgan fingerprint density at radius 2 is 2.11 bits per heavy atom. The van der Waals surface area contributed by atoms with Crippen LogP contribution in [0.5, 0.6) is 0 Å². The summed E-state index contributed by atoms with van der Waals surface area (Å²) in [7, 11) is 0. The Morgan fingerprint density at radius 3 is 2.89 bits per heavy atom. The van der Waals surface area contributed by atoms with Crippen molar-refractivity contribution in [2.75, 3.05) is 5.32 Å². The van der Waals surface area contributed by atoms with Crippen LogP contribution in [0.3, 0.4) is 0 Å². The average molecular weight is 276 g/mol. The van der Waals surface area contributed by atoms with E-state index in [1.165, 1.54) is 31.2 Å². The maximum absolute atomic E-state index is 6.30. The first-order chi connectivity index (χ1) is 9.24. The third kappa shape index (κ3) is 2.61. The summed E-state index contributed by atoms with van der Waals surface area (Å²) in [5.74, 6) is 0.888. The van der Waals surface area contributed by atoms with E-state index in [1.807, 2.05) is 29.1 Å². The number of rotatable bonds is 3. The number of aryl methyl sites for hydroxylation is 1. The molecule has 3 nitrogen and oxygen atoms in total. The summed E-state index contributed by atoms with van der Waals surface area (Å²) in [6, 6.07) is 6.59. The Labute approximate surface area is 118 Å². The van der Waals surface area contributed by atoms with Gasteiger partial charge in [-0.05, 0) is 37.5 Å². The lowest BCUT2D eigenvalue weighted by Crippen LogP contribution is -2.17. The summed E-state index contributed by atoms with van der Waals surface area (Å²) >= 11 is 6.30. The van der Waals surface area contributed by atoms with Gasteiger partial charge in [-0.15, -0.1) is 0 Å². The van der Waals surface area contributed by atoms with Gasteiger partial charge >= 0.3 is 0 Å².